The Morgan fingerprint density at radius 2 is 1.75 bits per heavy atom. The molecule has 1 aromatic carbocycles. The third-order valence-corrected chi connectivity index (χ3v) is 4.41. The molecule has 0 bridgehead atoms. The van der Waals surface area contributed by atoms with Crippen LogP contribution in [0.15, 0.2) is 18.2 Å². The quantitative estimate of drug-likeness (QED) is 0.927. The zero-order valence-corrected chi connectivity index (χ0v) is 13.2. The number of hydrogen-bond acceptors (Lipinski definition) is 2. The number of aliphatic hydroxyl groups excluding tert-OH is 1. The zero-order chi connectivity index (χ0) is 14.9. The molecule has 20 heavy (non-hydrogen) atoms. The van der Waals surface area contributed by atoms with E-state index in [1.807, 2.05) is 4.90 Å². The maximum absolute atomic E-state index is 12.2. The van der Waals surface area contributed by atoms with Crippen molar-refractivity contribution in [3.05, 3.63) is 33.8 Å². The number of carbonyl (C=O) groups excluding carboxylic acids is 1. The van der Waals surface area contributed by atoms with Crippen LogP contribution in [0, 0.1) is 11.8 Å². The second kappa shape index (κ2) is 6.33. The Balaban J connectivity index is 2.00. The van der Waals surface area contributed by atoms with E-state index < -0.39 is 6.10 Å². The van der Waals surface area contributed by atoms with Gasteiger partial charge < -0.3 is 10.0 Å². The van der Waals surface area contributed by atoms with E-state index in [9.17, 15) is 9.90 Å². The van der Waals surface area contributed by atoms with E-state index in [-0.39, 0.29) is 12.3 Å². The smallest absolute Gasteiger partial charge is 0.225 e. The molecule has 0 radical (unpaired) electrons. The van der Waals surface area contributed by atoms with E-state index in [1.165, 1.54) is 0 Å². The van der Waals surface area contributed by atoms with Gasteiger partial charge >= 0.3 is 0 Å². The Labute approximate surface area is 129 Å². The van der Waals surface area contributed by atoms with Gasteiger partial charge in [0.05, 0.1) is 12.5 Å². The highest BCUT2D eigenvalue weighted by Crippen LogP contribution is 2.28. The van der Waals surface area contributed by atoms with E-state index in [0.29, 0.717) is 27.4 Å². The molecule has 5 heteroatoms. The van der Waals surface area contributed by atoms with Gasteiger partial charge in [-0.25, -0.2) is 0 Å². The highest BCUT2D eigenvalue weighted by molar-refractivity contribution is 6.34. The zero-order valence-electron chi connectivity index (χ0n) is 11.6. The lowest BCUT2D eigenvalue weighted by atomic mass is 10.0. The summed E-state index contributed by atoms with van der Waals surface area (Å²) in [5.74, 6) is 0.998. The standard InChI is InChI=1S/C15H19Cl2NO2/c1-9-7-18(8-10(9)2)15(20)6-14(19)11-3-12(16)5-13(17)4-11/h3-5,9-10,14,19H,6-8H2,1-2H3. The fourth-order valence-electron chi connectivity index (χ4n) is 2.51. The van der Waals surface area contributed by atoms with Gasteiger partial charge in [-0.1, -0.05) is 37.0 Å². The number of likely N-dealkylation sites (tertiary alicyclic amines) is 1. The topological polar surface area (TPSA) is 40.5 Å². The molecule has 1 N–H and O–H groups in total. The molecule has 1 saturated heterocycles. The predicted octanol–water partition coefficient (Wildman–Crippen LogP) is 3.53. The van der Waals surface area contributed by atoms with Crippen LogP contribution in [0.4, 0.5) is 0 Å². The van der Waals surface area contributed by atoms with E-state index in [4.69, 9.17) is 23.2 Å². The van der Waals surface area contributed by atoms with E-state index in [1.54, 1.807) is 18.2 Å². The van der Waals surface area contributed by atoms with Crippen molar-refractivity contribution in [3.63, 3.8) is 0 Å². The van der Waals surface area contributed by atoms with Crippen LogP contribution in [0.3, 0.4) is 0 Å². The maximum Gasteiger partial charge on any atom is 0.225 e. The van der Waals surface area contributed by atoms with Gasteiger partial charge in [0.15, 0.2) is 0 Å². The Bertz CT molecular complexity index is 476. The van der Waals surface area contributed by atoms with Crippen LogP contribution in [0.2, 0.25) is 10.0 Å². The van der Waals surface area contributed by atoms with Crippen molar-refractivity contribution in [2.24, 2.45) is 11.8 Å². The molecule has 2 rings (SSSR count). The second-order valence-electron chi connectivity index (χ2n) is 5.68. The van der Waals surface area contributed by atoms with Crippen LogP contribution in [0.5, 0.6) is 0 Å². The summed E-state index contributed by atoms with van der Waals surface area (Å²) in [7, 11) is 0. The molecule has 1 heterocycles. The molecule has 0 spiro atoms. The monoisotopic (exact) mass is 315 g/mol. The van der Waals surface area contributed by atoms with Gasteiger partial charge in [-0.2, -0.15) is 0 Å². The molecule has 3 atom stereocenters. The molecule has 1 aromatic rings. The number of amides is 1. The average molecular weight is 316 g/mol. The van der Waals surface area contributed by atoms with Crippen molar-refractivity contribution in [2.75, 3.05) is 13.1 Å². The molecule has 0 aromatic heterocycles. The fraction of sp³-hybridized carbons (Fsp3) is 0.533. The van der Waals surface area contributed by atoms with Gasteiger partial charge in [-0.15, -0.1) is 0 Å². The lowest BCUT2D eigenvalue weighted by Crippen LogP contribution is -2.30. The van der Waals surface area contributed by atoms with Gasteiger partial charge in [-0.05, 0) is 35.6 Å². The molecule has 3 nitrogen and oxygen atoms in total. The first-order chi connectivity index (χ1) is 9.36. The van der Waals surface area contributed by atoms with Crippen molar-refractivity contribution in [3.8, 4) is 0 Å². The third-order valence-electron chi connectivity index (χ3n) is 3.98. The molecule has 1 amide bonds. The molecule has 1 aliphatic heterocycles. The molecule has 1 fully saturated rings. The Morgan fingerprint density at radius 1 is 1.25 bits per heavy atom. The first-order valence-electron chi connectivity index (χ1n) is 6.78. The minimum absolute atomic E-state index is 0.0233. The van der Waals surface area contributed by atoms with E-state index in [0.717, 1.165) is 13.1 Å². The highest BCUT2D eigenvalue weighted by Gasteiger charge is 2.30. The fourth-order valence-corrected chi connectivity index (χ4v) is 3.06. The Morgan fingerprint density at radius 3 is 2.25 bits per heavy atom. The van der Waals surface area contributed by atoms with Gasteiger partial charge in [-0.3, -0.25) is 4.79 Å². The van der Waals surface area contributed by atoms with Gasteiger partial charge in [0.1, 0.15) is 0 Å². The number of rotatable bonds is 3. The summed E-state index contributed by atoms with van der Waals surface area (Å²) in [5, 5.41) is 11.1. The van der Waals surface area contributed by atoms with Crippen molar-refractivity contribution in [2.45, 2.75) is 26.4 Å². The first-order valence-corrected chi connectivity index (χ1v) is 7.54. The number of carbonyl (C=O) groups is 1. The number of nitrogens with zero attached hydrogens (tertiary/aromatic N) is 1. The van der Waals surface area contributed by atoms with Gasteiger partial charge in [0.25, 0.3) is 0 Å². The van der Waals surface area contributed by atoms with E-state index >= 15 is 0 Å². The summed E-state index contributed by atoms with van der Waals surface area (Å²) in [6.45, 7) is 5.82. The molecule has 0 aliphatic carbocycles. The van der Waals surface area contributed by atoms with Crippen LogP contribution in [0.1, 0.15) is 31.9 Å². The first kappa shape index (κ1) is 15.6. The van der Waals surface area contributed by atoms with Crippen LogP contribution >= 0.6 is 23.2 Å². The van der Waals surface area contributed by atoms with Crippen molar-refractivity contribution < 1.29 is 9.90 Å². The average Bonchev–Trinajstić information content (AvgIpc) is 2.68. The number of benzene rings is 1. The molecule has 110 valence electrons. The van der Waals surface area contributed by atoms with Crippen molar-refractivity contribution in [1.82, 2.24) is 4.90 Å². The van der Waals surface area contributed by atoms with Gasteiger partial charge in [0, 0.05) is 23.1 Å². The Hall–Kier alpha value is -0.770. The summed E-state index contributed by atoms with van der Waals surface area (Å²) >= 11 is 11.8. The van der Waals surface area contributed by atoms with Crippen LogP contribution in [-0.4, -0.2) is 29.0 Å². The van der Waals surface area contributed by atoms with Crippen LogP contribution in [-0.2, 0) is 4.79 Å². The predicted molar refractivity (Wildman–Crippen MR) is 80.9 cm³/mol. The Kier molecular flexibility index (Phi) is 4.95. The highest BCUT2D eigenvalue weighted by atomic mass is 35.5. The van der Waals surface area contributed by atoms with Crippen molar-refractivity contribution in [1.29, 1.82) is 0 Å². The number of aliphatic hydroxyl groups is 1. The van der Waals surface area contributed by atoms with E-state index in [2.05, 4.69) is 13.8 Å². The normalized spacial score (nSPS) is 23.9. The molecular weight excluding hydrogens is 297 g/mol. The lowest BCUT2D eigenvalue weighted by molar-refractivity contribution is -0.132. The minimum atomic E-state index is -0.870. The lowest BCUT2D eigenvalue weighted by Gasteiger charge is -2.19. The molecule has 0 saturated carbocycles. The van der Waals surface area contributed by atoms with Crippen molar-refractivity contribution >= 4 is 29.1 Å². The SMILES string of the molecule is CC1CN(C(=O)CC(O)c2cc(Cl)cc(Cl)c2)CC1C. The maximum atomic E-state index is 12.2. The molecule has 1 aliphatic rings. The molecular formula is C15H19Cl2NO2. The van der Waals surface area contributed by atoms with Crippen LogP contribution < -0.4 is 0 Å². The summed E-state index contributed by atoms with van der Waals surface area (Å²) < 4.78 is 0. The number of hydrogen-bond donors (Lipinski definition) is 1. The third kappa shape index (κ3) is 3.66. The largest absolute Gasteiger partial charge is 0.388 e. The van der Waals surface area contributed by atoms with Gasteiger partial charge in [0.2, 0.25) is 5.91 Å². The van der Waals surface area contributed by atoms with Crippen LogP contribution in [0.25, 0.3) is 0 Å². The minimum Gasteiger partial charge on any atom is -0.388 e. The summed E-state index contributed by atoms with van der Waals surface area (Å²) in [4.78, 5) is 14.0. The summed E-state index contributed by atoms with van der Waals surface area (Å²) in [5.41, 5.74) is 0.580. The number of halogens is 2. The summed E-state index contributed by atoms with van der Waals surface area (Å²) in [6, 6.07) is 4.88. The molecule has 3 unspecified atom stereocenters. The second-order valence-corrected chi connectivity index (χ2v) is 6.55. The summed E-state index contributed by atoms with van der Waals surface area (Å²) in [6.07, 6.45) is -0.805.